The zero-order chi connectivity index (χ0) is 15.7. The third-order valence-electron chi connectivity index (χ3n) is 4.06. The molecule has 118 valence electrons. The molecule has 1 fully saturated rings. The summed E-state index contributed by atoms with van der Waals surface area (Å²) >= 11 is 0. The highest BCUT2D eigenvalue weighted by Crippen LogP contribution is 2.22. The van der Waals surface area contributed by atoms with E-state index in [9.17, 15) is 4.79 Å². The van der Waals surface area contributed by atoms with Crippen LogP contribution in [-0.2, 0) is 11.3 Å². The van der Waals surface area contributed by atoms with Gasteiger partial charge in [0.1, 0.15) is 18.2 Å². The average Bonchev–Trinajstić information content (AvgIpc) is 3.04. The standard InChI is InChI=1S/C15H22N6O/c1-11-7-16-20(8-11)10-15(22)19-6-4-5-14(9-19)21-13(3)17-12(2)18-21/h7-8,14H,4-6,9-10H2,1-3H3. The molecule has 0 radical (unpaired) electrons. The number of nitrogens with zero attached hydrogens (tertiary/aromatic N) is 6. The van der Waals surface area contributed by atoms with Gasteiger partial charge in [-0.2, -0.15) is 10.2 Å². The summed E-state index contributed by atoms with van der Waals surface area (Å²) in [5, 5.41) is 8.65. The van der Waals surface area contributed by atoms with Gasteiger partial charge in [-0.25, -0.2) is 9.67 Å². The first kappa shape index (κ1) is 14.7. The van der Waals surface area contributed by atoms with Crippen molar-refractivity contribution in [2.24, 2.45) is 0 Å². The minimum atomic E-state index is 0.113. The molecular formula is C15H22N6O. The van der Waals surface area contributed by atoms with Crippen molar-refractivity contribution in [1.29, 1.82) is 0 Å². The molecule has 3 heterocycles. The van der Waals surface area contributed by atoms with E-state index in [-0.39, 0.29) is 11.9 Å². The fraction of sp³-hybridized carbons (Fsp3) is 0.600. The molecule has 0 spiro atoms. The van der Waals surface area contributed by atoms with Crippen LogP contribution in [0.25, 0.3) is 0 Å². The molecule has 1 unspecified atom stereocenters. The van der Waals surface area contributed by atoms with Crippen LogP contribution in [0.2, 0.25) is 0 Å². The second kappa shape index (κ2) is 5.90. The first-order valence-electron chi connectivity index (χ1n) is 7.69. The van der Waals surface area contributed by atoms with Crippen LogP contribution in [0.3, 0.4) is 0 Å². The van der Waals surface area contributed by atoms with Gasteiger partial charge in [-0.05, 0) is 39.2 Å². The van der Waals surface area contributed by atoms with Crippen molar-refractivity contribution >= 4 is 5.91 Å². The van der Waals surface area contributed by atoms with Crippen molar-refractivity contribution in [2.45, 2.75) is 46.2 Å². The number of aryl methyl sites for hydroxylation is 3. The Morgan fingerprint density at radius 2 is 2.18 bits per heavy atom. The molecule has 7 heteroatoms. The quantitative estimate of drug-likeness (QED) is 0.856. The summed E-state index contributed by atoms with van der Waals surface area (Å²) in [6.45, 7) is 7.64. The molecule has 1 atom stereocenters. The van der Waals surface area contributed by atoms with E-state index in [1.54, 1.807) is 10.9 Å². The minimum absolute atomic E-state index is 0.113. The van der Waals surface area contributed by atoms with Gasteiger partial charge in [0.05, 0.1) is 12.2 Å². The Kier molecular flexibility index (Phi) is 3.96. The zero-order valence-electron chi connectivity index (χ0n) is 13.4. The van der Waals surface area contributed by atoms with Crippen LogP contribution < -0.4 is 0 Å². The maximum absolute atomic E-state index is 12.5. The molecule has 1 amide bonds. The van der Waals surface area contributed by atoms with Crippen molar-refractivity contribution in [3.8, 4) is 0 Å². The number of piperidine rings is 1. The number of carbonyl (C=O) groups is 1. The topological polar surface area (TPSA) is 68.8 Å². The van der Waals surface area contributed by atoms with Crippen molar-refractivity contribution in [3.05, 3.63) is 29.6 Å². The van der Waals surface area contributed by atoms with Gasteiger partial charge in [-0.3, -0.25) is 9.48 Å². The molecule has 1 aliphatic rings. The van der Waals surface area contributed by atoms with E-state index < -0.39 is 0 Å². The first-order chi connectivity index (χ1) is 10.5. The molecule has 0 saturated carbocycles. The van der Waals surface area contributed by atoms with E-state index in [1.807, 2.05) is 36.5 Å². The largest absolute Gasteiger partial charge is 0.339 e. The monoisotopic (exact) mass is 302 g/mol. The van der Waals surface area contributed by atoms with Gasteiger partial charge >= 0.3 is 0 Å². The van der Waals surface area contributed by atoms with Gasteiger partial charge in [0.25, 0.3) is 0 Å². The Labute approximate surface area is 129 Å². The number of amides is 1. The van der Waals surface area contributed by atoms with Gasteiger partial charge in [0.2, 0.25) is 5.91 Å². The molecule has 1 saturated heterocycles. The number of aromatic nitrogens is 5. The number of likely N-dealkylation sites (tertiary alicyclic amines) is 1. The lowest BCUT2D eigenvalue weighted by Crippen LogP contribution is -2.42. The highest BCUT2D eigenvalue weighted by atomic mass is 16.2. The Morgan fingerprint density at radius 3 is 2.82 bits per heavy atom. The van der Waals surface area contributed by atoms with Crippen LogP contribution in [0.5, 0.6) is 0 Å². The number of carbonyl (C=O) groups excluding carboxylic acids is 1. The Balaban J connectivity index is 1.67. The summed E-state index contributed by atoms with van der Waals surface area (Å²) in [6, 6.07) is 0.221. The molecule has 2 aromatic rings. The Bertz CT molecular complexity index is 673. The highest BCUT2D eigenvalue weighted by molar-refractivity contribution is 5.76. The molecule has 0 bridgehead atoms. The Morgan fingerprint density at radius 1 is 1.36 bits per heavy atom. The fourth-order valence-electron chi connectivity index (χ4n) is 3.05. The molecule has 0 aliphatic carbocycles. The van der Waals surface area contributed by atoms with E-state index in [0.29, 0.717) is 13.1 Å². The van der Waals surface area contributed by atoms with Gasteiger partial charge in [0, 0.05) is 19.3 Å². The second-order valence-corrected chi connectivity index (χ2v) is 6.00. The third kappa shape index (κ3) is 3.03. The lowest BCUT2D eigenvalue weighted by molar-refractivity contribution is -0.133. The maximum atomic E-state index is 12.5. The van der Waals surface area contributed by atoms with Crippen molar-refractivity contribution in [3.63, 3.8) is 0 Å². The van der Waals surface area contributed by atoms with E-state index >= 15 is 0 Å². The van der Waals surface area contributed by atoms with Gasteiger partial charge in [-0.15, -0.1) is 0 Å². The minimum Gasteiger partial charge on any atom is -0.339 e. The summed E-state index contributed by atoms with van der Waals surface area (Å²) in [5.41, 5.74) is 1.07. The molecular weight excluding hydrogens is 280 g/mol. The van der Waals surface area contributed by atoms with E-state index in [1.165, 1.54) is 0 Å². The predicted octanol–water partition coefficient (Wildman–Crippen LogP) is 1.26. The van der Waals surface area contributed by atoms with E-state index in [4.69, 9.17) is 0 Å². The molecule has 0 aromatic carbocycles. The van der Waals surface area contributed by atoms with Gasteiger partial charge < -0.3 is 4.90 Å². The first-order valence-corrected chi connectivity index (χ1v) is 7.69. The van der Waals surface area contributed by atoms with Crippen molar-refractivity contribution < 1.29 is 4.79 Å². The predicted molar refractivity (Wildman–Crippen MR) is 81.3 cm³/mol. The normalized spacial score (nSPS) is 18.7. The van der Waals surface area contributed by atoms with E-state index in [2.05, 4.69) is 15.2 Å². The van der Waals surface area contributed by atoms with Gasteiger partial charge in [-0.1, -0.05) is 0 Å². The van der Waals surface area contributed by atoms with Crippen LogP contribution >= 0.6 is 0 Å². The summed E-state index contributed by atoms with van der Waals surface area (Å²) in [5.74, 6) is 1.81. The summed E-state index contributed by atoms with van der Waals surface area (Å²) in [7, 11) is 0. The van der Waals surface area contributed by atoms with Crippen LogP contribution in [-0.4, -0.2) is 48.4 Å². The molecule has 0 N–H and O–H groups in total. The van der Waals surface area contributed by atoms with Gasteiger partial charge in [0.15, 0.2) is 0 Å². The highest BCUT2D eigenvalue weighted by Gasteiger charge is 2.26. The van der Waals surface area contributed by atoms with Crippen molar-refractivity contribution in [1.82, 2.24) is 29.4 Å². The Hall–Kier alpha value is -2.18. The molecule has 1 aliphatic heterocycles. The van der Waals surface area contributed by atoms with Crippen molar-refractivity contribution in [2.75, 3.05) is 13.1 Å². The number of hydrogen-bond acceptors (Lipinski definition) is 4. The van der Waals surface area contributed by atoms with Crippen LogP contribution in [0.15, 0.2) is 12.4 Å². The maximum Gasteiger partial charge on any atom is 0.244 e. The second-order valence-electron chi connectivity index (χ2n) is 6.00. The smallest absolute Gasteiger partial charge is 0.244 e. The number of hydrogen-bond donors (Lipinski definition) is 0. The molecule has 7 nitrogen and oxygen atoms in total. The third-order valence-corrected chi connectivity index (χ3v) is 4.06. The SMILES string of the molecule is Cc1cnn(CC(=O)N2CCCC(n3nc(C)nc3C)C2)c1. The summed E-state index contributed by atoms with van der Waals surface area (Å²) < 4.78 is 3.67. The number of rotatable bonds is 3. The van der Waals surface area contributed by atoms with Crippen LogP contribution in [0.4, 0.5) is 0 Å². The molecule has 2 aromatic heterocycles. The van der Waals surface area contributed by atoms with Crippen LogP contribution in [0, 0.1) is 20.8 Å². The fourth-order valence-corrected chi connectivity index (χ4v) is 3.05. The molecule has 22 heavy (non-hydrogen) atoms. The zero-order valence-corrected chi connectivity index (χ0v) is 13.4. The summed E-state index contributed by atoms with van der Waals surface area (Å²) in [4.78, 5) is 18.7. The lowest BCUT2D eigenvalue weighted by atomic mass is 10.1. The lowest BCUT2D eigenvalue weighted by Gasteiger charge is -2.33. The summed E-state index contributed by atoms with van der Waals surface area (Å²) in [6.07, 6.45) is 5.69. The average molecular weight is 302 g/mol. The molecule has 3 rings (SSSR count). The van der Waals surface area contributed by atoms with E-state index in [0.717, 1.165) is 36.6 Å². The van der Waals surface area contributed by atoms with Crippen LogP contribution in [0.1, 0.15) is 36.1 Å².